The molecule has 0 saturated heterocycles. The van der Waals surface area contributed by atoms with Crippen LogP contribution in [-0.2, 0) is 9.53 Å². The molecular weight excluding hydrogens is 350 g/mol. The zero-order valence-electron chi connectivity index (χ0n) is 15.7. The third-order valence-corrected chi connectivity index (χ3v) is 3.96. The molecular formula is C20H21NO6. The van der Waals surface area contributed by atoms with Crippen LogP contribution in [0, 0.1) is 0 Å². The molecule has 142 valence electrons. The molecule has 7 heteroatoms. The van der Waals surface area contributed by atoms with Crippen LogP contribution in [0.4, 0.5) is 0 Å². The Bertz CT molecular complexity index is 1000. The maximum absolute atomic E-state index is 11.0. The van der Waals surface area contributed by atoms with Gasteiger partial charge in [-0.2, -0.15) is 0 Å². The van der Waals surface area contributed by atoms with Gasteiger partial charge >= 0.3 is 0 Å². The van der Waals surface area contributed by atoms with Crippen molar-refractivity contribution in [2.45, 2.75) is 13.8 Å². The van der Waals surface area contributed by atoms with Gasteiger partial charge in [0.05, 0.1) is 31.6 Å². The van der Waals surface area contributed by atoms with Crippen molar-refractivity contribution < 1.29 is 28.2 Å². The Morgan fingerprint density at radius 2 is 1.89 bits per heavy atom. The van der Waals surface area contributed by atoms with Crippen molar-refractivity contribution >= 4 is 27.8 Å². The van der Waals surface area contributed by atoms with Crippen molar-refractivity contribution in [2.24, 2.45) is 0 Å². The van der Waals surface area contributed by atoms with Crippen molar-refractivity contribution in [3.63, 3.8) is 0 Å². The largest absolute Gasteiger partial charge is 0.495 e. The molecule has 0 amide bonds. The number of nitrogens with zero attached hydrogens (tertiary/aromatic N) is 1. The monoisotopic (exact) mass is 371 g/mol. The summed E-state index contributed by atoms with van der Waals surface area (Å²) in [6, 6.07) is 5.48. The van der Waals surface area contributed by atoms with Crippen molar-refractivity contribution in [3.05, 3.63) is 36.3 Å². The van der Waals surface area contributed by atoms with Crippen LogP contribution in [-0.4, -0.2) is 38.2 Å². The Morgan fingerprint density at radius 1 is 1.11 bits per heavy atom. The fraction of sp³-hybridized carbons (Fsp3) is 0.300. The minimum Gasteiger partial charge on any atom is -0.495 e. The molecule has 0 aliphatic rings. The highest BCUT2D eigenvalue weighted by atomic mass is 16.5. The maximum Gasteiger partial charge on any atom is 0.230 e. The zero-order valence-corrected chi connectivity index (χ0v) is 15.7. The van der Waals surface area contributed by atoms with Crippen molar-refractivity contribution in [2.75, 3.05) is 27.4 Å². The highest BCUT2D eigenvalue weighted by Crippen LogP contribution is 2.41. The first-order valence-electron chi connectivity index (χ1n) is 8.38. The van der Waals surface area contributed by atoms with E-state index in [0.29, 0.717) is 34.2 Å². The summed E-state index contributed by atoms with van der Waals surface area (Å²) < 4.78 is 27.6. The number of hydrogen-bond donors (Lipinski definition) is 0. The fourth-order valence-corrected chi connectivity index (χ4v) is 2.71. The van der Waals surface area contributed by atoms with Crippen LogP contribution in [0.5, 0.6) is 17.2 Å². The van der Waals surface area contributed by atoms with Crippen LogP contribution >= 0.6 is 0 Å². The van der Waals surface area contributed by atoms with Gasteiger partial charge in [-0.1, -0.05) is 0 Å². The predicted octanol–water partition coefficient (Wildman–Crippen LogP) is 3.89. The molecule has 27 heavy (non-hydrogen) atoms. The van der Waals surface area contributed by atoms with Gasteiger partial charge in [0.15, 0.2) is 17.3 Å². The van der Waals surface area contributed by atoms with E-state index in [1.54, 1.807) is 39.5 Å². The molecule has 0 radical (unpaired) electrons. The number of aromatic nitrogens is 1. The van der Waals surface area contributed by atoms with Crippen LogP contribution in [0.2, 0.25) is 0 Å². The predicted molar refractivity (Wildman–Crippen MR) is 101 cm³/mol. The lowest BCUT2D eigenvalue weighted by Crippen LogP contribution is -2.04. The molecule has 2 heterocycles. The van der Waals surface area contributed by atoms with Gasteiger partial charge < -0.3 is 23.4 Å². The second-order valence-corrected chi connectivity index (χ2v) is 5.89. The second-order valence-electron chi connectivity index (χ2n) is 5.89. The highest BCUT2D eigenvalue weighted by molar-refractivity contribution is 6.02. The SMILES string of the molecule is COc1c2ccoc2nc2c(OC)c(OC/C=C(/C)OCC(C)=O)ccc12. The summed E-state index contributed by atoms with van der Waals surface area (Å²) in [7, 11) is 3.16. The molecule has 0 aliphatic heterocycles. The van der Waals surface area contributed by atoms with Gasteiger partial charge in [-0.05, 0) is 38.1 Å². The number of ketones is 1. The first-order valence-corrected chi connectivity index (χ1v) is 8.38. The van der Waals surface area contributed by atoms with Crippen LogP contribution in [0.3, 0.4) is 0 Å². The van der Waals surface area contributed by atoms with E-state index in [2.05, 4.69) is 4.98 Å². The Kier molecular flexibility index (Phi) is 5.49. The van der Waals surface area contributed by atoms with E-state index in [1.807, 2.05) is 12.1 Å². The van der Waals surface area contributed by atoms with Gasteiger partial charge in [0.25, 0.3) is 0 Å². The van der Waals surface area contributed by atoms with Crippen LogP contribution in [0.25, 0.3) is 22.0 Å². The lowest BCUT2D eigenvalue weighted by molar-refractivity contribution is -0.120. The zero-order chi connectivity index (χ0) is 19.4. The summed E-state index contributed by atoms with van der Waals surface area (Å²) in [5.41, 5.74) is 1.05. The second kappa shape index (κ2) is 7.99. The minimum atomic E-state index is -0.0378. The first-order chi connectivity index (χ1) is 13.0. The molecule has 1 aromatic carbocycles. The van der Waals surface area contributed by atoms with Crippen LogP contribution in [0.15, 0.2) is 40.7 Å². The van der Waals surface area contributed by atoms with Gasteiger partial charge in [0.1, 0.15) is 24.5 Å². The lowest BCUT2D eigenvalue weighted by atomic mass is 10.1. The highest BCUT2D eigenvalue weighted by Gasteiger charge is 2.18. The number of methoxy groups -OCH3 is 2. The molecule has 0 saturated carbocycles. The molecule has 0 spiro atoms. The smallest absolute Gasteiger partial charge is 0.230 e. The maximum atomic E-state index is 11.0. The Labute approximate surface area is 156 Å². The summed E-state index contributed by atoms with van der Waals surface area (Å²) in [6.07, 6.45) is 3.31. The standard InChI is InChI=1S/C20H21NO6/c1-12(22)11-27-13(2)7-9-25-16-6-5-14-17(19(16)24-4)21-20-15(8-10-26-20)18(14)23-3/h5-8,10H,9,11H2,1-4H3/b13-7-. The number of carbonyl (C=O) groups excluding carboxylic acids is 1. The summed E-state index contributed by atoms with van der Waals surface area (Å²) in [5, 5.41) is 1.59. The van der Waals surface area contributed by atoms with E-state index in [4.69, 9.17) is 23.4 Å². The van der Waals surface area contributed by atoms with Crippen molar-refractivity contribution in [1.82, 2.24) is 4.98 Å². The molecule has 0 unspecified atom stereocenters. The van der Waals surface area contributed by atoms with Gasteiger partial charge in [-0.15, -0.1) is 0 Å². The number of benzene rings is 1. The third-order valence-electron chi connectivity index (χ3n) is 3.96. The average Bonchev–Trinajstić information content (AvgIpc) is 3.12. The van der Waals surface area contributed by atoms with E-state index >= 15 is 0 Å². The van der Waals surface area contributed by atoms with E-state index in [1.165, 1.54) is 6.92 Å². The van der Waals surface area contributed by atoms with E-state index in [-0.39, 0.29) is 19.0 Å². The molecule has 0 aliphatic carbocycles. The Balaban J connectivity index is 1.91. The number of hydrogen-bond acceptors (Lipinski definition) is 7. The number of furan rings is 1. The van der Waals surface area contributed by atoms with Gasteiger partial charge in [0, 0.05) is 5.39 Å². The quantitative estimate of drug-likeness (QED) is 0.556. The first kappa shape index (κ1) is 18.6. The van der Waals surface area contributed by atoms with Gasteiger partial charge in [-0.3, -0.25) is 4.79 Å². The number of ether oxygens (including phenoxy) is 4. The third kappa shape index (κ3) is 3.81. The van der Waals surface area contributed by atoms with E-state index in [9.17, 15) is 4.79 Å². The van der Waals surface area contributed by atoms with Gasteiger partial charge in [0.2, 0.25) is 5.71 Å². The number of fused-ring (bicyclic) bond motifs is 2. The normalized spacial score (nSPS) is 11.6. The number of carbonyl (C=O) groups is 1. The number of pyridine rings is 1. The molecule has 2 aromatic heterocycles. The number of allylic oxidation sites excluding steroid dienone is 1. The summed E-state index contributed by atoms with van der Waals surface area (Å²) in [6.45, 7) is 3.54. The van der Waals surface area contributed by atoms with Crippen LogP contribution in [0.1, 0.15) is 13.8 Å². The number of rotatable bonds is 8. The Morgan fingerprint density at radius 3 is 2.59 bits per heavy atom. The van der Waals surface area contributed by atoms with E-state index < -0.39 is 0 Å². The summed E-state index contributed by atoms with van der Waals surface area (Å²) >= 11 is 0. The lowest BCUT2D eigenvalue weighted by Gasteiger charge is -2.14. The molecule has 0 bridgehead atoms. The topological polar surface area (TPSA) is 80.0 Å². The van der Waals surface area contributed by atoms with Crippen molar-refractivity contribution in [1.29, 1.82) is 0 Å². The van der Waals surface area contributed by atoms with Crippen LogP contribution < -0.4 is 14.2 Å². The average molecular weight is 371 g/mol. The number of Topliss-reactive ketones (excluding diaryl/α,β-unsaturated/α-hetero) is 1. The van der Waals surface area contributed by atoms with Crippen molar-refractivity contribution in [3.8, 4) is 17.2 Å². The molecule has 0 N–H and O–H groups in total. The van der Waals surface area contributed by atoms with Gasteiger partial charge in [-0.25, -0.2) is 4.98 Å². The summed E-state index contributed by atoms with van der Waals surface area (Å²) in [4.78, 5) is 15.5. The summed E-state index contributed by atoms with van der Waals surface area (Å²) in [5.74, 6) is 2.26. The Hall–Kier alpha value is -3.22. The minimum absolute atomic E-state index is 0.0378. The molecule has 3 rings (SSSR count). The molecule has 3 aromatic rings. The molecule has 7 nitrogen and oxygen atoms in total. The van der Waals surface area contributed by atoms with E-state index in [0.717, 1.165) is 10.8 Å². The fourth-order valence-electron chi connectivity index (χ4n) is 2.71. The molecule has 0 fully saturated rings. The molecule has 0 atom stereocenters.